The highest BCUT2D eigenvalue weighted by Gasteiger charge is 2.12. The number of amides is 1. The normalized spacial score (nSPS) is 17.3. The summed E-state index contributed by atoms with van der Waals surface area (Å²) in [5.74, 6) is 0.105. The molecule has 0 atom stereocenters. The molecule has 1 N–H and O–H groups in total. The van der Waals surface area contributed by atoms with E-state index in [1.807, 2.05) is 12.1 Å². The largest absolute Gasteiger partial charge is 0.325 e. The molecule has 20 heavy (non-hydrogen) atoms. The van der Waals surface area contributed by atoms with Crippen molar-refractivity contribution in [2.75, 3.05) is 25.0 Å². The number of rotatable bonds is 3. The number of carbonyl (C=O) groups excluding carboxylic acids is 1. The Labute approximate surface area is 122 Å². The van der Waals surface area contributed by atoms with Crippen molar-refractivity contribution >= 4 is 11.6 Å². The zero-order valence-electron chi connectivity index (χ0n) is 12.7. The van der Waals surface area contributed by atoms with Crippen molar-refractivity contribution in [3.05, 3.63) is 29.3 Å². The molecular weight excluding hydrogens is 248 g/mol. The first-order valence-electron chi connectivity index (χ1n) is 7.74. The van der Waals surface area contributed by atoms with Crippen LogP contribution in [0, 0.1) is 13.8 Å². The highest BCUT2D eigenvalue weighted by atomic mass is 16.2. The average Bonchev–Trinajstić information content (AvgIpc) is 2.37. The molecule has 1 saturated heterocycles. The predicted molar refractivity (Wildman–Crippen MR) is 84.1 cm³/mol. The molecule has 0 saturated carbocycles. The molecule has 0 radical (unpaired) electrons. The maximum Gasteiger partial charge on any atom is 0.238 e. The van der Waals surface area contributed by atoms with Gasteiger partial charge in [-0.2, -0.15) is 0 Å². The Hall–Kier alpha value is -1.35. The van der Waals surface area contributed by atoms with Crippen LogP contribution >= 0.6 is 0 Å². The predicted octanol–water partition coefficient (Wildman–Crippen LogP) is 3.51. The maximum absolute atomic E-state index is 12.1. The first kappa shape index (κ1) is 15.0. The van der Waals surface area contributed by atoms with E-state index in [2.05, 4.69) is 30.1 Å². The number of hydrogen-bond donors (Lipinski definition) is 1. The van der Waals surface area contributed by atoms with Gasteiger partial charge in [0.15, 0.2) is 0 Å². The Morgan fingerprint density at radius 1 is 1.05 bits per heavy atom. The minimum Gasteiger partial charge on any atom is -0.325 e. The monoisotopic (exact) mass is 274 g/mol. The minimum atomic E-state index is 0.105. The lowest BCUT2D eigenvalue weighted by Crippen LogP contribution is -2.35. The van der Waals surface area contributed by atoms with Crippen molar-refractivity contribution in [3.8, 4) is 0 Å². The zero-order valence-corrected chi connectivity index (χ0v) is 12.7. The Morgan fingerprint density at radius 2 is 1.70 bits per heavy atom. The molecule has 1 amide bonds. The fourth-order valence-corrected chi connectivity index (χ4v) is 2.69. The quantitative estimate of drug-likeness (QED) is 0.915. The number of nitrogens with zero attached hydrogens (tertiary/aromatic N) is 1. The van der Waals surface area contributed by atoms with E-state index >= 15 is 0 Å². The second-order valence-electron chi connectivity index (χ2n) is 5.89. The number of nitrogens with one attached hydrogen (secondary N) is 1. The summed E-state index contributed by atoms with van der Waals surface area (Å²) in [6, 6.07) is 6.08. The third kappa shape index (κ3) is 4.64. The summed E-state index contributed by atoms with van der Waals surface area (Å²) in [7, 11) is 0. The molecule has 1 aromatic carbocycles. The molecule has 0 bridgehead atoms. The van der Waals surface area contributed by atoms with Gasteiger partial charge in [-0.05, 0) is 63.0 Å². The minimum absolute atomic E-state index is 0.105. The van der Waals surface area contributed by atoms with Crippen molar-refractivity contribution in [2.24, 2.45) is 0 Å². The van der Waals surface area contributed by atoms with E-state index in [9.17, 15) is 4.79 Å². The molecule has 1 aliphatic rings. The number of benzene rings is 1. The molecule has 1 aliphatic heterocycles. The molecule has 110 valence electrons. The Morgan fingerprint density at radius 3 is 2.35 bits per heavy atom. The fraction of sp³-hybridized carbons (Fsp3) is 0.588. The first-order valence-corrected chi connectivity index (χ1v) is 7.74. The third-order valence-electron chi connectivity index (χ3n) is 4.11. The van der Waals surface area contributed by atoms with Gasteiger partial charge in [-0.1, -0.05) is 25.3 Å². The van der Waals surface area contributed by atoms with E-state index in [1.54, 1.807) is 0 Å². The molecule has 1 fully saturated rings. The lowest BCUT2D eigenvalue weighted by atomic mass is 10.1. The molecule has 3 nitrogen and oxygen atoms in total. The molecule has 0 aromatic heterocycles. The number of likely N-dealkylation sites (tertiary alicyclic amines) is 1. The van der Waals surface area contributed by atoms with E-state index in [-0.39, 0.29) is 5.91 Å². The van der Waals surface area contributed by atoms with E-state index in [0.29, 0.717) is 6.54 Å². The average molecular weight is 274 g/mol. The van der Waals surface area contributed by atoms with Crippen LogP contribution in [-0.4, -0.2) is 30.4 Å². The van der Waals surface area contributed by atoms with Crippen molar-refractivity contribution in [1.29, 1.82) is 0 Å². The van der Waals surface area contributed by atoms with Crippen LogP contribution in [0.15, 0.2) is 18.2 Å². The van der Waals surface area contributed by atoms with Crippen LogP contribution in [0.25, 0.3) is 0 Å². The number of hydrogen-bond acceptors (Lipinski definition) is 2. The highest BCUT2D eigenvalue weighted by Crippen LogP contribution is 2.14. The molecule has 2 rings (SSSR count). The fourth-order valence-electron chi connectivity index (χ4n) is 2.69. The van der Waals surface area contributed by atoms with Crippen LogP contribution in [0.2, 0.25) is 0 Å². The van der Waals surface area contributed by atoms with E-state index in [4.69, 9.17) is 0 Å². The molecule has 1 aromatic rings. The van der Waals surface area contributed by atoms with Gasteiger partial charge in [0.05, 0.1) is 6.54 Å². The van der Waals surface area contributed by atoms with Crippen LogP contribution in [0.3, 0.4) is 0 Å². The Balaban J connectivity index is 1.85. The van der Waals surface area contributed by atoms with Gasteiger partial charge >= 0.3 is 0 Å². The number of aryl methyl sites for hydroxylation is 2. The van der Waals surface area contributed by atoms with Crippen molar-refractivity contribution < 1.29 is 4.79 Å². The molecule has 0 spiro atoms. The summed E-state index contributed by atoms with van der Waals surface area (Å²) in [4.78, 5) is 14.4. The van der Waals surface area contributed by atoms with Gasteiger partial charge < -0.3 is 5.32 Å². The summed E-state index contributed by atoms with van der Waals surface area (Å²) in [5, 5.41) is 3.01. The van der Waals surface area contributed by atoms with Crippen LogP contribution in [-0.2, 0) is 4.79 Å². The molecule has 0 unspecified atom stereocenters. The summed E-state index contributed by atoms with van der Waals surface area (Å²) < 4.78 is 0. The van der Waals surface area contributed by atoms with Gasteiger partial charge in [-0.15, -0.1) is 0 Å². The van der Waals surface area contributed by atoms with Gasteiger partial charge in [-0.25, -0.2) is 0 Å². The Bertz CT molecular complexity index is 448. The van der Waals surface area contributed by atoms with Crippen LogP contribution < -0.4 is 5.32 Å². The van der Waals surface area contributed by atoms with Crippen molar-refractivity contribution in [2.45, 2.75) is 46.0 Å². The van der Waals surface area contributed by atoms with Gasteiger partial charge in [-0.3, -0.25) is 9.69 Å². The smallest absolute Gasteiger partial charge is 0.238 e. The topological polar surface area (TPSA) is 32.3 Å². The van der Waals surface area contributed by atoms with Crippen molar-refractivity contribution in [3.63, 3.8) is 0 Å². The molecular formula is C17H26N2O. The Kier molecular flexibility index (Phi) is 5.60. The molecule has 1 heterocycles. The van der Waals surface area contributed by atoms with Crippen molar-refractivity contribution in [1.82, 2.24) is 4.90 Å². The maximum atomic E-state index is 12.1. The highest BCUT2D eigenvalue weighted by molar-refractivity contribution is 5.92. The van der Waals surface area contributed by atoms with Gasteiger partial charge in [0.2, 0.25) is 5.91 Å². The van der Waals surface area contributed by atoms with Crippen LogP contribution in [0.4, 0.5) is 5.69 Å². The number of anilines is 1. The van der Waals surface area contributed by atoms with Crippen LogP contribution in [0.1, 0.15) is 43.2 Å². The summed E-state index contributed by atoms with van der Waals surface area (Å²) in [6.45, 7) is 6.79. The third-order valence-corrected chi connectivity index (χ3v) is 4.11. The van der Waals surface area contributed by atoms with E-state index < -0.39 is 0 Å². The standard InChI is InChI=1S/C17H26N2O/c1-14-8-9-16(12-15(14)2)18-17(20)13-19-10-6-4-3-5-7-11-19/h8-9,12H,3-7,10-11,13H2,1-2H3,(H,18,20). The van der Waals surface area contributed by atoms with Gasteiger partial charge in [0, 0.05) is 5.69 Å². The SMILES string of the molecule is Cc1ccc(NC(=O)CN2CCCCCCC2)cc1C. The molecule has 3 heteroatoms. The molecule has 0 aliphatic carbocycles. The first-order chi connectivity index (χ1) is 9.65. The van der Waals surface area contributed by atoms with E-state index in [1.165, 1.54) is 43.2 Å². The summed E-state index contributed by atoms with van der Waals surface area (Å²) in [6.07, 6.45) is 6.39. The lowest BCUT2D eigenvalue weighted by molar-refractivity contribution is -0.117. The summed E-state index contributed by atoms with van der Waals surface area (Å²) >= 11 is 0. The second-order valence-corrected chi connectivity index (χ2v) is 5.89. The number of carbonyl (C=O) groups is 1. The lowest BCUT2D eigenvalue weighted by Gasteiger charge is -2.23. The second kappa shape index (κ2) is 7.44. The van der Waals surface area contributed by atoms with Crippen LogP contribution in [0.5, 0.6) is 0 Å². The van der Waals surface area contributed by atoms with E-state index in [0.717, 1.165) is 18.8 Å². The summed E-state index contributed by atoms with van der Waals surface area (Å²) in [5.41, 5.74) is 3.38. The zero-order chi connectivity index (χ0) is 14.4. The van der Waals surface area contributed by atoms with Gasteiger partial charge in [0.1, 0.15) is 0 Å². The van der Waals surface area contributed by atoms with Gasteiger partial charge in [0.25, 0.3) is 0 Å².